The highest BCUT2D eigenvalue weighted by Gasteiger charge is 2.67. The van der Waals surface area contributed by atoms with Crippen LogP contribution in [0.4, 0.5) is 0 Å². The van der Waals surface area contributed by atoms with E-state index in [0.29, 0.717) is 47.5 Å². The van der Waals surface area contributed by atoms with Gasteiger partial charge in [0.25, 0.3) is 0 Å². The van der Waals surface area contributed by atoms with E-state index in [9.17, 15) is 15.3 Å². The molecule has 7 fully saturated rings. The average molecular weight is 680 g/mol. The molecule has 0 unspecified atom stereocenters. The number of benzene rings is 2. The lowest BCUT2D eigenvalue weighted by molar-refractivity contribution is -0.180. The Hall–Kier alpha value is -1.72. The molecule has 4 nitrogen and oxygen atoms in total. The maximum Gasteiger partial charge on any atom is 0.0805 e. The van der Waals surface area contributed by atoms with E-state index < -0.39 is 5.60 Å². The zero-order chi connectivity index (χ0) is 34.4. The van der Waals surface area contributed by atoms with Gasteiger partial charge in [0.2, 0.25) is 0 Å². The van der Waals surface area contributed by atoms with Crippen LogP contribution in [0.5, 0.6) is 0 Å². The predicted molar refractivity (Wildman–Crippen MR) is 200 cm³/mol. The molecule has 0 bridgehead atoms. The van der Waals surface area contributed by atoms with Gasteiger partial charge in [0.05, 0.1) is 17.8 Å². The quantitative estimate of drug-likeness (QED) is 0.298. The molecule has 9 rings (SSSR count). The van der Waals surface area contributed by atoms with Gasteiger partial charge in [0, 0.05) is 19.1 Å². The lowest BCUT2D eigenvalue weighted by atomic mass is 9.46. The Labute approximate surface area is 302 Å². The maximum absolute atomic E-state index is 12.2. The Morgan fingerprint density at radius 2 is 1.48 bits per heavy atom. The molecule has 1 spiro atoms. The molecule has 0 radical (unpaired) electrons. The Morgan fingerprint density at radius 1 is 0.720 bits per heavy atom. The van der Waals surface area contributed by atoms with E-state index in [1.165, 1.54) is 55.3 Å². The van der Waals surface area contributed by atoms with Crippen LogP contribution in [0.2, 0.25) is 0 Å². The topological polar surface area (TPSA) is 63.9 Å². The van der Waals surface area contributed by atoms with Gasteiger partial charge in [0.1, 0.15) is 0 Å². The first-order chi connectivity index (χ1) is 24.0. The fourth-order valence-electron chi connectivity index (χ4n) is 15.0. The zero-order valence-corrected chi connectivity index (χ0v) is 31.2. The van der Waals surface area contributed by atoms with Crippen molar-refractivity contribution in [3.63, 3.8) is 0 Å². The van der Waals surface area contributed by atoms with Crippen molar-refractivity contribution in [1.29, 1.82) is 0 Å². The van der Waals surface area contributed by atoms with Crippen molar-refractivity contribution in [3.8, 4) is 0 Å². The minimum atomic E-state index is -0.587. The van der Waals surface area contributed by atoms with Crippen molar-refractivity contribution in [2.45, 2.75) is 135 Å². The minimum absolute atomic E-state index is 0.0129. The third-order valence-electron chi connectivity index (χ3n) is 17.3. The number of aliphatic hydroxyl groups excluding tert-OH is 2. The summed E-state index contributed by atoms with van der Waals surface area (Å²) in [5.74, 6) is 5.24. The Morgan fingerprint density at radius 3 is 2.28 bits per heavy atom. The molecule has 2 aliphatic heterocycles. The zero-order valence-electron chi connectivity index (χ0n) is 31.2. The summed E-state index contributed by atoms with van der Waals surface area (Å²) in [6.07, 6.45) is 15.2. The summed E-state index contributed by atoms with van der Waals surface area (Å²) in [5.41, 5.74) is 3.70. The normalized spacial score (nSPS) is 48.4. The molecule has 15 atom stereocenters. The van der Waals surface area contributed by atoms with E-state index in [1.807, 2.05) is 0 Å². The van der Waals surface area contributed by atoms with Crippen LogP contribution in [0.25, 0.3) is 0 Å². The van der Waals surface area contributed by atoms with Gasteiger partial charge in [-0.3, -0.25) is 4.90 Å². The number of fused-ring (bicyclic) bond motifs is 8. The Bertz CT molecular complexity index is 1510. The van der Waals surface area contributed by atoms with Crippen molar-refractivity contribution in [3.05, 3.63) is 71.3 Å². The molecule has 2 saturated heterocycles. The van der Waals surface area contributed by atoms with Gasteiger partial charge in [-0.2, -0.15) is 0 Å². The van der Waals surface area contributed by atoms with Crippen LogP contribution in [-0.4, -0.2) is 57.2 Å². The molecular weight excluding hydrogens is 615 g/mol. The van der Waals surface area contributed by atoms with Crippen LogP contribution in [0.3, 0.4) is 0 Å². The van der Waals surface area contributed by atoms with Gasteiger partial charge in [0.15, 0.2) is 0 Å². The van der Waals surface area contributed by atoms with E-state index >= 15 is 0 Å². The van der Waals surface area contributed by atoms with Crippen LogP contribution in [0, 0.1) is 64.1 Å². The molecule has 5 saturated carbocycles. The monoisotopic (exact) mass is 679 g/mol. The summed E-state index contributed by atoms with van der Waals surface area (Å²) in [5, 5.41) is 36.0. The number of hydrogen-bond acceptors (Lipinski definition) is 4. The summed E-state index contributed by atoms with van der Waals surface area (Å²) in [7, 11) is 0. The lowest BCUT2D eigenvalue weighted by Gasteiger charge is -2.60. The van der Waals surface area contributed by atoms with Crippen LogP contribution in [0.1, 0.15) is 115 Å². The molecule has 50 heavy (non-hydrogen) atoms. The summed E-state index contributed by atoms with van der Waals surface area (Å²) in [6.45, 7) is 9.50. The third-order valence-corrected chi connectivity index (χ3v) is 17.3. The molecular formula is C46H65NO3. The first-order valence-corrected chi connectivity index (χ1v) is 21.0. The number of nitrogens with zero attached hydrogens (tertiary/aromatic N) is 1. The second-order valence-corrected chi connectivity index (χ2v) is 19.9. The van der Waals surface area contributed by atoms with E-state index in [2.05, 4.69) is 80.3 Å². The van der Waals surface area contributed by atoms with Crippen molar-refractivity contribution >= 4 is 0 Å². The molecule has 2 aromatic rings. The highest BCUT2D eigenvalue weighted by Crippen LogP contribution is 2.70. The lowest BCUT2D eigenvalue weighted by Crippen LogP contribution is -2.67. The SMILES string of the molecule is C[C@@H]1CC[C@H]2N(C1)C[C@H]1[C@H]3C[C@@H]4[C@@H](C[C@H](O)[C@@H]5C[C@@H](O)[C@@]6(CC[C@H](CCc7ccc(Cc8ccccc8)cc7)C6)C[C@]45C)[C@H]3CC[C@H]1[C@]2(C)O. The number of aliphatic hydroxyl groups is 3. The summed E-state index contributed by atoms with van der Waals surface area (Å²) < 4.78 is 0. The van der Waals surface area contributed by atoms with Gasteiger partial charge in [-0.05, 0) is 178 Å². The molecule has 0 aromatic heterocycles. The third kappa shape index (κ3) is 5.59. The van der Waals surface area contributed by atoms with Crippen molar-refractivity contribution in [1.82, 2.24) is 4.90 Å². The van der Waals surface area contributed by atoms with E-state index in [-0.39, 0.29) is 29.0 Å². The average Bonchev–Trinajstić information content (AvgIpc) is 3.68. The van der Waals surface area contributed by atoms with Crippen molar-refractivity contribution in [2.24, 2.45) is 64.1 Å². The highest BCUT2D eigenvalue weighted by atomic mass is 16.3. The molecule has 2 heterocycles. The standard InChI is InChI=1S/C46H65NO3/c1-29-9-18-42-45(3,50)38-17-16-34-35(37(38)27-47(42)26-29)22-39-36(34)23-41(48)40-24-43(49)46(28-44(39,40)2)20-19-33(25-46)15-12-30-10-13-32(14-11-30)21-31-7-5-4-6-8-31/h4-8,10-11,13-14,29,33-43,48-50H,9,12,15-28H2,1-3H3/t29-,33+,34+,35+,36+,37+,38-,39-,40+,41+,42-,43-,44-,45+,46-/m1/s1. The highest BCUT2D eigenvalue weighted by molar-refractivity contribution is 5.29. The summed E-state index contributed by atoms with van der Waals surface area (Å²) in [4.78, 5) is 2.71. The smallest absolute Gasteiger partial charge is 0.0805 e. The van der Waals surface area contributed by atoms with E-state index in [0.717, 1.165) is 70.3 Å². The fourth-order valence-corrected chi connectivity index (χ4v) is 15.0. The fraction of sp³-hybridized carbons (Fsp3) is 0.739. The Balaban J connectivity index is 0.892. The molecule has 0 amide bonds. The van der Waals surface area contributed by atoms with Gasteiger partial charge >= 0.3 is 0 Å². The first-order valence-electron chi connectivity index (χ1n) is 21.0. The second-order valence-electron chi connectivity index (χ2n) is 19.9. The molecule has 3 N–H and O–H groups in total. The van der Waals surface area contributed by atoms with Crippen LogP contribution in [-0.2, 0) is 12.8 Å². The predicted octanol–water partition coefficient (Wildman–Crippen LogP) is 8.30. The number of rotatable bonds is 5. The van der Waals surface area contributed by atoms with Gasteiger partial charge < -0.3 is 15.3 Å². The molecule has 4 heteroatoms. The second kappa shape index (κ2) is 12.7. The number of piperidine rings is 2. The van der Waals surface area contributed by atoms with Gasteiger partial charge in [-0.25, -0.2) is 0 Å². The molecule has 5 aliphatic carbocycles. The summed E-state index contributed by atoms with van der Waals surface area (Å²) >= 11 is 0. The van der Waals surface area contributed by atoms with Crippen LogP contribution in [0.15, 0.2) is 54.6 Å². The Kier molecular flexibility index (Phi) is 8.66. The van der Waals surface area contributed by atoms with E-state index in [4.69, 9.17) is 0 Å². The van der Waals surface area contributed by atoms with Gasteiger partial charge in [-0.15, -0.1) is 0 Å². The first kappa shape index (κ1) is 34.1. The van der Waals surface area contributed by atoms with E-state index in [1.54, 1.807) is 0 Å². The number of aryl methyl sites for hydroxylation is 1. The number of hydrogen-bond donors (Lipinski definition) is 3. The van der Waals surface area contributed by atoms with Crippen LogP contribution >= 0.6 is 0 Å². The van der Waals surface area contributed by atoms with Gasteiger partial charge in [-0.1, -0.05) is 68.4 Å². The van der Waals surface area contributed by atoms with Crippen molar-refractivity contribution < 1.29 is 15.3 Å². The minimum Gasteiger partial charge on any atom is -0.393 e. The van der Waals surface area contributed by atoms with Crippen LogP contribution < -0.4 is 0 Å². The molecule has 7 aliphatic rings. The maximum atomic E-state index is 12.2. The summed E-state index contributed by atoms with van der Waals surface area (Å²) in [6, 6.07) is 20.4. The van der Waals surface area contributed by atoms with Crippen molar-refractivity contribution in [2.75, 3.05) is 13.1 Å². The molecule has 2 aromatic carbocycles. The molecule has 272 valence electrons. The largest absolute Gasteiger partial charge is 0.393 e.